The number of thiophene rings is 2. The number of aromatic nitrogens is 4. The van der Waals surface area contributed by atoms with Crippen molar-refractivity contribution in [2.24, 2.45) is 27.2 Å². The van der Waals surface area contributed by atoms with Gasteiger partial charge < -0.3 is 25.4 Å². The lowest BCUT2D eigenvalue weighted by atomic mass is 9.76. The normalized spacial score (nSPS) is 20.4. The van der Waals surface area contributed by atoms with Gasteiger partial charge in [-0.25, -0.2) is 19.9 Å². The SMILES string of the molecule is O=C(O)[C@H]1CCc2c(sc3ncnc(Nc4ccc5c(c4)C=NC5)c23)C1.O=C([C@H]1CCc2c(sc3ncnc(Nc4ccc5c(c4)C=NC5)c23)C1)N1CC2(COC2)C1. The zero-order valence-corrected chi connectivity index (χ0v) is 33.2. The number of carbonyl (C=O) groups excluding carboxylic acids is 1. The number of fused-ring (bicyclic) bond motifs is 8. The second-order valence-corrected chi connectivity index (χ2v) is 18.4. The number of aryl methyl sites for hydroxylation is 2. The van der Waals surface area contributed by atoms with Crippen molar-refractivity contribution in [2.75, 3.05) is 36.9 Å². The highest BCUT2D eigenvalue weighted by molar-refractivity contribution is 7.19. The number of rotatable bonds is 6. The molecule has 12 rings (SSSR count). The molecule has 292 valence electrons. The first-order valence-electron chi connectivity index (χ1n) is 19.8. The zero-order valence-electron chi connectivity index (χ0n) is 31.5. The number of hydrogen-bond donors (Lipinski definition) is 3. The molecule has 2 saturated heterocycles. The predicted octanol–water partition coefficient (Wildman–Crippen LogP) is 6.89. The Kier molecular flexibility index (Phi) is 8.59. The summed E-state index contributed by atoms with van der Waals surface area (Å²) in [7, 11) is 0. The minimum Gasteiger partial charge on any atom is -0.481 e. The summed E-state index contributed by atoms with van der Waals surface area (Å²) in [6, 6.07) is 12.5. The van der Waals surface area contributed by atoms with Gasteiger partial charge in [0.25, 0.3) is 0 Å². The fourth-order valence-corrected chi connectivity index (χ4v) is 11.7. The molecule has 0 unspecified atom stereocenters. The van der Waals surface area contributed by atoms with Crippen LogP contribution in [-0.2, 0) is 53.1 Å². The first kappa shape index (κ1) is 35.5. The third-order valence-corrected chi connectivity index (χ3v) is 14.7. The Balaban J connectivity index is 0.000000136. The molecule has 8 heterocycles. The van der Waals surface area contributed by atoms with Crippen molar-refractivity contribution in [3.63, 3.8) is 0 Å². The first-order chi connectivity index (χ1) is 28.4. The molecule has 6 aliphatic rings. The molecule has 2 fully saturated rings. The van der Waals surface area contributed by atoms with Crippen LogP contribution < -0.4 is 10.6 Å². The standard InChI is InChI=1S/C24H23N5O2S.C19H16N4O2S/c30-23(29-9-24(10-29)11-31-12-24)14-2-4-18-19(6-14)32-22-20(18)21(26-13-27-22)28-17-3-1-15-7-25-8-16(15)5-17;24-19(25)10-2-4-14-15(6-10)26-18-16(14)17(21-9-22-18)23-13-3-1-11-7-20-8-12(11)5-13/h1,3,5,8,13-14H,2,4,6-7,9-12H2,(H,26,27,28);1,3,5,8-10H,2,4,6-7H2,(H,24,25)(H,21,22,23)/t14-;10-/m00/s1. The van der Waals surface area contributed by atoms with Gasteiger partial charge in [0.1, 0.15) is 34.0 Å². The molecule has 3 N–H and O–H groups in total. The van der Waals surface area contributed by atoms with E-state index >= 15 is 0 Å². The van der Waals surface area contributed by atoms with E-state index in [1.54, 1.807) is 35.3 Å². The highest BCUT2D eigenvalue weighted by atomic mass is 32.1. The average molecular weight is 810 g/mol. The second kappa shape index (κ2) is 14.0. The fraction of sp³-hybridized carbons (Fsp3) is 0.349. The van der Waals surface area contributed by atoms with E-state index in [1.807, 2.05) is 23.4 Å². The van der Waals surface area contributed by atoms with Crippen LogP contribution in [0.1, 0.15) is 56.0 Å². The molecule has 13 nitrogen and oxygen atoms in total. The van der Waals surface area contributed by atoms with Crippen LogP contribution in [0.15, 0.2) is 59.0 Å². The van der Waals surface area contributed by atoms with E-state index in [1.165, 1.54) is 27.1 Å². The van der Waals surface area contributed by atoms with Crippen LogP contribution in [0.3, 0.4) is 0 Å². The van der Waals surface area contributed by atoms with Crippen molar-refractivity contribution >= 4 is 90.4 Å². The molecule has 2 aliphatic carbocycles. The van der Waals surface area contributed by atoms with E-state index in [0.29, 0.717) is 18.7 Å². The van der Waals surface area contributed by atoms with Crippen molar-refractivity contribution in [3.05, 3.63) is 92.2 Å². The van der Waals surface area contributed by atoms with Crippen LogP contribution in [-0.4, -0.2) is 80.6 Å². The summed E-state index contributed by atoms with van der Waals surface area (Å²) in [4.78, 5) is 57.4. The van der Waals surface area contributed by atoms with Gasteiger partial charge in [0.05, 0.1) is 48.4 Å². The number of aliphatic imine (C=N–C) groups is 2. The lowest BCUT2D eigenvalue weighted by Crippen LogP contribution is -2.68. The quantitative estimate of drug-likeness (QED) is 0.161. The fourth-order valence-electron chi connectivity index (χ4n) is 9.21. The van der Waals surface area contributed by atoms with E-state index in [-0.39, 0.29) is 17.3 Å². The van der Waals surface area contributed by atoms with E-state index < -0.39 is 5.97 Å². The third-order valence-electron chi connectivity index (χ3n) is 12.4. The van der Waals surface area contributed by atoms with Gasteiger partial charge in [-0.3, -0.25) is 19.6 Å². The first-order valence-corrected chi connectivity index (χ1v) is 21.4. The number of carbonyl (C=O) groups is 2. The van der Waals surface area contributed by atoms with Crippen LogP contribution >= 0.6 is 22.7 Å². The van der Waals surface area contributed by atoms with Crippen molar-refractivity contribution in [1.82, 2.24) is 24.8 Å². The molecule has 0 bridgehead atoms. The summed E-state index contributed by atoms with van der Waals surface area (Å²) in [6.07, 6.45) is 11.6. The van der Waals surface area contributed by atoms with Crippen LogP contribution in [0.4, 0.5) is 23.0 Å². The van der Waals surface area contributed by atoms with Gasteiger partial charge in [0, 0.05) is 52.6 Å². The summed E-state index contributed by atoms with van der Waals surface area (Å²) in [6.45, 7) is 4.87. The Labute approximate surface area is 341 Å². The maximum Gasteiger partial charge on any atom is 0.306 e. The average Bonchev–Trinajstić information content (AvgIpc) is 4.01. The Morgan fingerprint density at radius 1 is 0.741 bits per heavy atom. The largest absolute Gasteiger partial charge is 0.481 e. The van der Waals surface area contributed by atoms with Crippen molar-refractivity contribution in [2.45, 2.75) is 51.6 Å². The number of hydrogen-bond acceptors (Lipinski definition) is 13. The molecule has 4 aliphatic heterocycles. The monoisotopic (exact) mass is 809 g/mol. The predicted molar refractivity (Wildman–Crippen MR) is 225 cm³/mol. The number of aliphatic carboxylic acids is 1. The Morgan fingerprint density at radius 2 is 1.28 bits per heavy atom. The van der Waals surface area contributed by atoms with Crippen LogP contribution in [0, 0.1) is 17.3 Å². The summed E-state index contributed by atoms with van der Waals surface area (Å²) >= 11 is 3.31. The highest BCUT2D eigenvalue weighted by Gasteiger charge is 2.51. The number of amides is 1. The Bertz CT molecular complexity index is 2730. The molecule has 2 aromatic carbocycles. The number of likely N-dealkylation sites (tertiary alicyclic amines) is 1. The molecule has 15 heteroatoms. The molecule has 1 amide bonds. The molecule has 58 heavy (non-hydrogen) atoms. The minimum absolute atomic E-state index is 0.0780. The van der Waals surface area contributed by atoms with Gasteiger partial charge in [0.2, 0.25) is 5.91 Å². The number of benzene rings is 2. The summed E-state index contributed by atoms with van der Waals surface area (Å²) in [5.41, 5.74) is 9.55. The van der Waals surface area contributed by atoms with Gasteiger partial charge in [-0.05, 0) is 96.2 Å². The summed E-state index contributed by atoms with van der Waals surface area (Å²) in [5.74, 6) is 1.02. The number of ether oxygens (including phenoxy) is 1. The van der Waals surface area contributed by atoms with Gasteiger partial charge >= 0.3 is 5.97 Å². The molecule has 1 spiro atoms. The maximum absolute atomic E-state index is 13.1. The third kappa shape index (κ3) is 6.23. The molecule has 6 aromatic rings. The smallest absolute Gasteiger partial charge is 0.306 e. The van der Waals surface area contributed by atoms with Crippen molar-refractivity contribution < 1.29 is 19.4 Å². The molecular weight excluding hydrogens is 771 g/mol. The van der Waals surface area contributed by atoms with Crippen LogP contribution in [0.25, 0.3) is 20.4 Å². The van der Waals surface area contributed by atoms with Crippen molar-refractivity contribution in [3.8, 4) is 0 Å². The lowest BCUT2D eigenvalue weighted by Gasteiger charge is -2.55. The van der Waals surface area contributed by atoms with E-state index in [2.05, 4.69) is 70.9 Å². The Morgan fingerprint density at radius 3 is 1.79 bits per heavy atom. The molecule has 4 aromatic heterocycles. The van der Waals surface area contributed by atoms with E-state index in [4.69, 9.17) is 4.74 Å². The topological polar surface area (TPSA) is 167 Å². The summed E-state index contributed by atoms with van der Waals surface area (Å²) in [5, 5.41) is 18.4. The van der Waals surface area contributed by atoms with Gasteiger partial charge in [-0.2, -0.15) is 0 Å². The Hall–Kier alpha value is -5.64. The van der Waals surface area contributed by atoms with E-state index in [9.17, 15) is 14.7 Å². The summed E-state index contributed by atoms with van der Waals surface area (Å²) < 4.78 is 5.35. The lowest BCUT2D eigenvalue weighted by molar-refractivity contribution is -0.197. The number of nitrogens with zero attached hydrogens (tertiary/aromatic N) is 7. The van der Waals surface area contributed by atoms with Gasteiger partial charge in [0.15, 0.2) is 0 Å². The number of anilines is 4. The van der Waals surface area contributed by atoms with Crippen LogP contribution in [0.2, 0.25) is 0 Å². The number of carboxylic acids is 1. The number of carboxylic acid groups (broad SMARTS) is 1. The van der Waals surface area contributed by atoms with Crippen molar-refractivity contribution in [1.29, 1.82) is 0 Å². The molecule has 0 radical (unpaired) electrons. The van der Waals surface area contributed by atoms with Gasteiger partial charge in [-0.1, -0.05) is 12.1 Å². The number of nitrogens with one attached hydrogen (secondary N) is 2. The zero-order chi connectivity index (χ0) is 39.0. The minimum atomic E-state index is -0.711. The highest BCUT2D eigenvalue weighted by Crippen LogP contribution is 2.44. The second-order valence-electron chi connectivity index (χ2n) is 16.2. The molecule has 2 atom stereocenters. The maximum atomic E-state index is 13.1. The van der Waals surface area contributed by atoms with Crippen LogP contribution in [0.5, 0.6) is 0 Å². The van der Waals surface area contributed by atoms with Gasteiger partial charge in [-0.15, -0.1) is 22.7 Å². The molecular formula is C43H39N9O4S2. The van der Waals surface area contributed by atoms with E-state index in [0.717, 1.165) is 125 Å². The molecule has 0 saturated carbocycles.